The highest BCUT2D eigenvalue weighted by Gasteiger charge is 2.40. The van der Waals surface area contributed by atoms with Crippen molar-refractivity contribution < 1.29 is 0 Å². The molecule has 0 bridgehead atoms. The lowest BCUT2D eigenvalue weighted by molar-refractivity contribution is 0.745. The molecular weight excluding hydrogens is 518 g/mol. The highest BCUT2D eigenvalue weighted by Crippen LogP contribution is 2.51. The van der Waals surface area contributed by atoms with Gasteiger partial charge in [0.1, 0.15) is 0 Å². The number of fused-ring (bicyclic) bond motifs is 9. The van der Waals surface area contributed by atoms with Crippen molar-refractivity contribution in [2.24, 2.45) is 0 Å². The molecule has 3 aliphatic carbocycles. The number of nitrogens with zero attached hydrogens (tertiary/aromatic N) is 3. The van der Waals surface area contributed by atoms with Gasteiger partial charge in [-0.15, -0.1) is 11.3 Å². The lowest BCUT2D eigenvalue weighted by Gasteiger charge is -2.32. The lowest BCUT2D eigenvalue weighted by atomic mass is 9.91. The number of hydrogen-bond donors (Lipinski definition) is 0. The second-order valence-electron chi connectivity index (χ2n) is 11.4. The van der Waals surface area contributed by atoms with Gasteiger partial charge >= 0.3 is 0 Å². The van der Waals surface area contributed by atoms with Gasteiger partial charge in [-0.1, -0.05) is 60.7 Å². The summed E-state index contributed by atoms with van der Waals surface area (Å²) in [6.45, 7) is 0. The maximum absolute atomic E-state index is 9.56. The van der Waals surface area contributed by atoms with Gasteiger partial charge in [-0.3, -0.25) is 0 Å². The molecule has 0 amide bonds. The quantitative estimate of drug-likeness (QED) is 0.222. The Bertz CT molecular complexity index is 2090. The second kappa shape index (κ2) is 8.70. The van der Waals surface area contributed by atoms with E-state index in [1.54, 1.807) is 0 Å². The normalized spacial score (nSPS) is 20.1. The van der Waals surface area contributed by atoms with Gasteiger partial charge in [0.2, 0.25) is 0 Å². The van der Waals surface area contributed by atoms with Crippen molar-refractivity contribution in [2.45, 2.75) is 37.6 Å². The van der Waals surface area contributed by atoms with E-state index in [1.807, 2.05) is 17.4 Å². The van der Waals surface area contributed by atoms with Gasteiger partial charge in [0.25, 0.3) is 0 Å². The number of anilines is 1. The fourth-order valence-corrected chi connectivity index (χ4v) is 8.80. The Morgan fingerprint density at radius 2 is 1.78 bits per heavy atom. The molecule has 2 atom stereocenters. The largest absolute Gasteiger partial charge is 0.332 e. The topological polar surface area (TPSA) is 32.0 Å². The van der Waals surface area contributed by atoms with Crippen LogP contribution in [0.1, 0.15) is 51.6 Å². The van der Waals surface area contributed by atoms with E-state index in [9.17, 15) is 5.26 Å². The van der Waals surface area contributed by atoms with Crippen LogP contribution in [0.5, 0.6) is 0 Å². The van der Waals surface area contributed by atoms with Gasteiger partial charge in [0.15, 0.2) is 0 Å². The molecule has 2 aromatic heterocycles. The zero-order valence-corrected chi connectivity index (χ0v) is 23.4. The molecule has 0 saturated heterocycles. The Morgan fingerprint density at radius 1 is 0.878 bits per heavy atom. The fourth-order valence-electron chi connectivity index (χ4n) is 7.53. The number of para-hydroxylation sites is 1. The number of thiophene rings is 1. The van der Waals surface area contributed by atoms with E-state index in [2.05, 4.69) is 113 Å². The van der Waals surface area contributed by atoms with Gasteiger partial charge < -0.3 is 9.47 Å². The van der Waals surface area contributed by atoms with Crippen LogP contribution in [-0.2, 0) is 12.8 Å². The number of benzene rings is 3. The predicted octanol–water partition coefficient (Wildman–Crippen LogP) is 9.06. The summed E-state index contributed by atoms with van der Waals surface area (Å²) in [4.78, 5) is 3.96. The molecule has 41 heavy (non-hydrogen) atoms. The molecular formula is C37H27N3S. The first kappa shape index (κ1) is 23.1. The molecule has 196 valence electrons. The Kier molecular flexibility index (Phi) is 4.91. The van der Waals surface area contributed by atoms with Gasteiger partial charge in [-0.25, -0.2) is 0 Å². The number of nitriles is 1. The molecule has 9 rings (SSSR count). The van der Waals surface area contributed by atoms with E-state index in [0.29, 0.717) is 5.92 Å². The molecule has 3 aromatic carbocycles. The molecule has 1 aliphatic heterocycles. The summed E-state index contributed by atoms with van der Waals surface area (Å²) in [5.41, 5.74) is 11.4. The summed E-state index contributed by atoms with van der Waals surface area (Å²) in [6.07, 6.45) is 20.4. The number of hydrogen-bond acceptors (Lipinski definition) is 3. The monoisotopic (exact) mass is 545 g/mol. The second-order valence-corrected chi connectivity index (χ2v) is 12.5. The average molecular weight is 546 g/mol. The average Bonchev–Trinajstić information content (AvgIpc) is 3.68. The SMILES string of the molecule is N#Cc1ccc2sc3c(c2c1)CCC=C3N1c2cc(-n3c4c(c5ccccc53)CCC=C4)ccc2C2C=CC=CC21. The van der Waals surface area contributed by atoms with Crippen LogP contribution in [0.25, 0.3) is 38.4 Å². The smallest absolute Gasteiger partial charge is 0.0991 e. The Morgan fingerprint density at radius 3 is 2.73 bits per heavy atom. The predicted molar refractivity (Wildman–Crippen MR) is 171 cm³/mol. The summed E-state index contributed by atoms with van der Waals surface area (Å²) >= 11 is 1.87. The molecule has 0 fully saturated rings. The number of allylic oxidation sites excluding steroid dienone is 4. The molecule has 0 spiro atoms. The van der Waals surface area contributed by atoms with Crippen LogP contribution in [-0.4, -0.2) is 10.6 Å². The Labute approximate surface area is 243 Å². The Hall–Kier alpha value is -4.59. The number of rotatable bonds is 2. The van der Waals surface area contributed by atoms with Crippen LogP contribution in [0.15, 0.2) is 97.1 Å². The molecule has 0 radical (unpaired) electrons. The summed E-state index contributed by atoms with van der Waals surface area (Å²) in [6, 6.07) is 24.7. The van der Waals surface area contributed by atoms with Crippen molar-refractivity contribution in [1.29, 1.82) is 5.26 Å². The van der Waals surface area contributed by atoms with E-state index in [0.717, 1.165) is 31.2 Å². The first-order valence-electron chi connectivity index (χ1n) is 14.5. The minimum Gasteiger partial charge on any atom is -0.332 e. The van der Waals surface area contributed by atoms with E-state index >= 15 is 0 Å². The molecule has 4 heteroatoms. The third-order valence-corrected chi connectivity index (χ3v) is 10.5. The van der Waals surface area contributed by atoms with Crippen molar-refractivity contribution in [3.8, 4) is 11.8 Å². The summed E-state index contributed by atoms with van der Waals surface area (Å²) < 4.78 is 3.73. The molecule has 0 saturated carbocycles. The minimum absolute atomic E-state index is 0.248. The molecule has 3 heterocycles. The van der Waals surface area contributed by atoms with Gasteiger partial charge in [-0.05, 0) is 90.2 Å². The molecule has 5 aromatic rings. The van der Waals surface area contributed by atoms with E-state index in [4.69, 9.17) is 0 Å². The Balaban J connectivity index is 1.25. The summed E-state index contributed by atoms with van der Waals surface area (Å²) in [5, 5.41) is 12.2. The van der Waals surface area contributed by atoms with E-state index < -0.39 is 0 Å². The van der Waals surface area contributed by atoms with Crippen molar-refractivity contribution in [3.05, 3.63) is 130 Å². The van der Waals surface area contributed by atoms with Gasteiger partial charge in [0.05, 0.1) is 33.8 Å². The molecule has 4 aliphatic rings. The third-order valence-electron chi connectivity index (χ3n) is 9.30. The first-order valence-corrected chi connectivity index (χ1v) is 15.4. The maximum atomic E-state index is 9.56. The maximum Gasteiger partial charge on any atom is 0.0991 e. The van der Waals surface area contributed by atoms with E-state index in [-0.39, 0.29) is 6.04 Å². The van der Waals surface area contributed by atoms with Crippen LogP contribution in [0.3, 0.4) is 0 Å². The standard InChI is InChI=1S/C37H27N3S/c38-22-23-16-19-36-30(20-23)29-11-7-15-34(37(29)41-36)40-33-14-6-3-10-27(33)28-18-17-24(21-35(28)40)39-31-12-4-1-8-25(31)26-9-2-5-13-32(26)39/h1,3-6,8,10,12-21,27,33H,2,7,9,11H2. The van der Waals surface area contributed by atoms with Crippen LogP contribution in [0, 0.1) is 11.3 Å². The van der Waals surface area contributed by atoms with Crippen LogP contribution in [0.2, 0.25) is 0 Å². The highest BCUT2D eigenvalue weighted by atomic mass is 32.1. The number of aryl methyl sites for hydroxylation is 2. The zero-order chi connectivity index (χ0) is 27.1. The van der Waals surface area contributed by atoms with E-state index in [1.165, 1.54) is 65.3 Å². The van der Waals surface area contributed by atoms with Gasteiger partial charge in [0, 0.05) is 33.1 Å². The van der Waals surface area contributed by atoms with Crippen LogP contribution >= 0.6 is 11.3 Å². The lowest BCUT2D eigenvalue weighted by Crippen LogP contribution is -2.32. The van der Waals surface area contributed by atoms with Crippen molar-refractivity contribution >= 4 is 49.8 Å². The molecule has 0 N–H and O–H groups in total. The summed E-state index contributed by atoms with van der Waals surface area (Å²) in [7, 11) is 0. The fraction of sp³-hybridized carbons (Fsp3) is 0.162. The first-order chi connectivity index (χ1) is 20.3. The van der Waals surface area contributed by atoms with Crippen molar-refractivity contribution in [1.82, 2.24) is 4.57 Å². The molecule has 3 nitrogen and oxygen atoms in total. The highest BCUT2D eigenvalue weighted by molar-refractivity contribution is 7.20. The third kappa shape index (κ3) is 3.24. The van der Waals surface area contributed by atoms with Crippen LogP contribution in [0.4, 0.5) is 5.69 Å². The molecule has 2 unspecified atom stereocenters. The van der Waals surface area contributed by atoms with Crippen LogP contribution < -0.4 is 4.90 Å². The minimum atomic E-state index is 0.248. The van der Waals surface area contributed by atoms with Gasteiger partial charge in [-0.2, -0.15) is 5.26 Å². The summed E-state index contributed by atoms with van der Waals surface area (Å²) in [5.74, 6) is 0.324. The van der Waals surface area contributed by atoms with Crippen molar-refractivity contribution in [2.75, 3.05) is 4.90 Å². The zero-order valence-electron chi connectivity index (χ0n) is 22.5. The number of aromatic nitrogens is 1. The van der Waals surface area contributed by atoms with Crippen molar-refractivity contribution in [3.63, 3.8) is 0 Å².